The lowest BCUT2D eigenvalue weighted by Crippen LogP contribution is -2.47. The molecule has 0 unspecified atom stereocenters. The third-order valence-electron chi connectivity index (χ3n) is 4.54. The van der Waals surface area contributed by atoms with Crippen LogP contribution in [0.1, 0.15) is 17.1 Å². The second-order valence-corrected chi connectivity index (χ2v) is 6.05. The summed E-state index contributed by atoms with van der Waals surface area (Å²) in [6, 6.07) is 1.97. The van der Waals surface area contributed by atoms with Crippen molar-refractivity contribution in [2.45, 2.75) is 20.8 Å². The van der Waals surface area contributed by atoms with E-state index in [-0.39, 0.29) is 0 Å². The first-order valence-electron chi connectivity index (χ1n) is 8.10. The SMILES string of the molecule is Cc1nccc(N2CCN(c3c(C)c(C)nc4ncnn34)CC2)n1. The van der Waals surface area contributed by atoms with Gasteiger partial charge in [0.15, 0.2) is 0 Å². The minimum atomic E-state index is 0.655. The van der Waals surface area contributed by atoms with Crippen LogP contribution in [0.3, 0.4) is 0 Å². The van der Waals surface area contributed by atoms with E-state index in [0.717, 1.165) is 54.9 Å². The van der Waals surface area contributed by atoms with Gasteiger partial charge in [-0.15, -0.1) is 0 Å². The average Bonchev–Trinajstić information content (AvgIpc) is 3.04. The Labute approximate surface area is 140 Å². The van der Waals surface area contributed by atoms with Gasteiger partial charge in [-0.3, -0.25) is 0 Å². The molecule has 8 heteroatoms. The number of aromatic nitrogens is 6. The molecule has 0 spiro atoms. The van der Waals surface area contributed by atoms with E-state index in [9.17, 15) is 0 Å². The van der Waals surface area contributed by atoms with Gasteiger partial charge in [-0.2, -0.15) is 14.6 Å². The van der Waals surface area contributed by atoms with E-state index in [4.69, 9.17) is 0 Å². The van der Waals surface area contributed by atoms with Gasteiger partial charge in [0.25, 0.3) is 5.78 Å². The molecule has 1 aliphatic heterocycles. The molecule has 8 nitrogen and oxygen atoms in total. The molecule has 124 valence electrons. The van der Waals surface area contributed by atoms with Crippen molar-refractivity contribution in [3.8, 4) is 0 Å². The van der Waals surface area contributed by atoms with Crippen molar-refractivity contribution < 1.29 is 0 Å². The van der Waals surface area contributed by atoms with Crippen LogP contribution in [0, 0.1) is 20.8 Å². The first-order chi connectivity index (χ1) is 11.6. The molecule has 0 bridgehead atoms. The maximum atomic E-state index is 4.53. The predicted octanol–water partition coefficient (Wildman–Crippen LogP) is 1.17. The number of aryl methyl sites for hydroxylation is 2. The van der Waals surface area contributed by atoms with Crippen LogP contribution in [0.4, 0.5) is 11.6 Å². The molecule has 24 heavy (non-hydrogen) atoms. The van der Waals surface area contributed by atoms with Crippen LogP contribution in [0.25, 0.3) is 5.78 Å². The van der Waals surface area contributed by atoms with Crippen molar-refractivity contribution in [2.75, 3.05) is 36.0 Å². The third-order valence-corrected chi connectivity index (χ3v) is 4.54. The van der Waals surface area contributed by atoms with Crippen molar-refractivity contribution in [3.63, 3.8) is 0 Å². The zero-order valence-electron chi connectivity index (χ0n) is 14.1. The number of anilines is 2. The Kier molecular flexibility index (Phi) is 3.51. The number of fused-ring (bicyclic) bond motifs is 1. The molecule has 0 atom stereocenters. The molecular formula is C16H20N8. The summed E-state index contributed by atoms with van der Waals surface area (Å²) >= 11 is 0. The number of piperazine rings is 1. The summed E-state index contributed by atoms with van der Waals surface area (Å²) in [6.45, 7) is 9.67. The van der Waals surface area contributed by atoms with Gasteiger partial charge < -0.3 is 9.80 Å². The van der Waals surface area contributed by atoms with Crippen molar-refractivity contribution >= 4 is 17.4 Å². The smallest absolute Gasteiger partial charge is 0.254 e. The van der Waals surface area contributed by atoms with Crippen LogP contribution in [-0.4, -0.2) is 55.7 Å². The minimum absolute atomic E-state index is 0.655. The monoisotopic (exact) mass is 324 g/mol. The van der Waals surface area contributed by atoms with Crippen LogP contribution in [0.2, 0.25) is 0 Å². The van der Waals surface area contributed by atoms with E-state index >= 15 is 0 Å². The van der Waals surface area contributed by atoms with E-state index in [2.05, 4.69) is 41.8 Å². The number of rotatable bonds is 2. The quantitative estimate of drug-likeness (QED) is 0.700. The fourth-order valence-electron chi connectivity index (χ4n) is 3.15. The van der Waals surface area contributed by atoms with Crippen molar-refractivity contribution in [3.05, 3.63) is 35.7 Å². The highest BCUT2D eigenvalue weighted by Gasteiger charge is 2.23. The fourth-order valence-corrected chi connectivity index (χ4v) is 3.15. The van der Waals surface area contributed by atoms with Crippen LogP contribution in [0.15, 0.2) is 18.6 Å². The Morgan fingerprint density at radius 3 is 2.42 bits per heavy atom. The second kappa shape index (κ2) is 5.70. The molecular weight excluding hydrogens is 304 g/mol. The van der Waals surface area contributed by atoms with Gasteiger partial charge in [-0.05, 0) is 26.8 Å². The Morgan fingerprint density at radius 1 is 0.917 bits per heavy atom. The minimum Gasteiger partial charge on any atom is -0.353 e. The van der Waals surface area contributed by atoms with Crippen LogP contribution < -0.4 is 9.80 Å². The molecule has 1 fully saturated rings. The normalized spacial score (nSPS) is 15.3. The summed E-state index contributed by atoms with van der Waals surface area (Å²) in [5.41, 5.74) is 2.15. The van der Waals surface area contributed by atoms with Gasteiger partial charge in [0.05, 0.1) is 0 Å². The van der Waals surface area contributed by atoms with Gasteiger partial charge in [-0.1, -0.05) is 0 Å². The first-order valence-corrected chi connectivity index (χ1v) is 8.10. The van der Waals surface area contributed by atoms with E-state index in [0.29, 0.717) is 5.78 Å². The van der Waals surface area contributed by atoms with Crippen molar-refractivity contribution in [2.24, 2.45) is 0 Å². The lowest BCUT2D eigenvalue weighted by Gasteiger charge is -2.37. The molecule has 0 aromatic carbocycles. The number of nitrogens with zero attached hydrogens (tertiary/aromatic N) is 8. The molecule has 0 saturated carbocycles. The average molecular weight is 324 g/mol. The summed E-state index contributed by atoms with van der Waals surface area (Å²) in [5, 5.41) is 4.35. The highest BCUT2D eigenvalue weighted by atomic mass is 15.4. The van der Waals surface area contributed by atoms with Gasteiger partial charge in [0, 0.05) is 43.6 Å². The van der Waals surface area contributed by atoms with E-state index in [1.54, 1.807) is 6.33 Å². The molecule has 3 aromatic heterocycles. The molecule has 0 amide bonds. The maximum Gasteiger partial charge on any atom is 0.254 e. The molecule has 4 rings (SSSR count). The van der Waals surface area contributed by atoms with E-state index < -0.39 is 0 Å². The third kappa shape index (κ3) is 2.44. The lowest BCUT2D eigenvalue weighted by molar-refractivity contribution is 0.629. The summed E-state index contributed by atoms with van der Waals surface area (Å²) in [7, 11) is 0. The standard InChI is InChI=1S/C16H20N8/c1-11-12(2)20-16-18-10-19-24(16)15(11)23-8-6-22(7-9-23)14-4-5-17-13(3)21-14/h4-5,10H,6-9H2,1-3H3. The molecule has 1 saturated heterocycles. The van der Waals surface area contributed by atoms with Crippen LogP contribution in [-0.2, 0) is 0 Å². The van der Waals surface area contributed by atoms with E-state index in [1.165, 1.54) is 0 Å². The van der Waals surface area contributed by atoms with Crippen LogP contribution in [0.5, 0.6) is 0 Å². The summed E-state index contributed by atoms with van der Waals surface area (Å²) in [5.74, 6) is 3.55. The molecule has 0 N–H and O–H groups in total. The zero-order valence-corrected chi connectivity index (χ0v) is 14.1. The maximum absolute atomic E-state index is 4.53. The molecule has 3 aromatic rings. The van der Waals surface area contributed by atoms with Gasteiger partial charge in [-0.25, -0.2) is 15.0 Å². The Balaban J connectivity index is 1.60. The Hall–Kier alpha value is -2.77. The Morgan fingerprint density at radius 2 is 1.67 bits per heavy atom. The summed E-state index contributed by atoms with van der Waals surface area (Å²) in [4.78, 5) is 22.1. The largest absolute Gasteiger partial charge is 0.353 e. The molecule has 4 heterocycles. The molecule has 0 radical (unpaired) electrons. The van der Waals surface area contributed by atoms with Crippen LogP contribution >= 0.6 is 0 Å². The van der Waals surface area contributed by atoms with Gasteiger partial charge in [0.2, 0.25) is 0 Å². The summed E-state index contributed by atoms with van der Waals surface area (Å²) < 4.78 is 1.84. The Bertz CT molecular complexity index is 879. The lowest BCUT2D eigenvalue weighted by atomic mass is 10.2. The number of hydrogen-bond acceptors (Lipinski definition) is 7. The number of hydrogen-bond donors (Lipinski definition) is 0. The fraction of sp³-hybridized carbons (Fsp3) is 0.438. The second-order valence-electron chi connectivity index (χ2n) is 6.05. The highest BCUT2D eigenvalue weighted by Crippen LogP contribution is 2.24. The highest BCUT2D eigenvalue weighted by molar-refractivity contribution is 5.55. The van der Waals surface area contributed by atoms with E-state index in [1.807, 2.05) is 30.6 Å². The molecule has 1 aliphatic rings. The van der Waals surface area contributed by atoms with Gasteiger partial charge >= 0.3 is 0 Å². The topological polar surface area (TPSA) is 75.3 Å². The summed E-state index contributed by atoms with van der Waals surface area (Å²) in [6.07, 6.45) is 3.38. The molecule has 0 aliphatic carbocycles. The van der Waals surface area contributed by atoms with Gasteiger partial charge in [0.1, 0.15) is 23.8 Å². The van der Waals surface area contributed by atoms with Crippen molar-refractivity contribution in [1.82, 2.24) is 29.5 Å². The predicted molar refractivity (Wildman–Crippen MR) is 91.5 cm³/mol. The van der Waals surface area contributed by atoms with Crippen molar-refractivity contribution in [1.29, 1.82) is 0 Å². The first kappa shape index (κ1) is 14.8. The zero-order chi connectivity index (χ0) is 16.7.